The Morgan fingerprint density at radius 1 is 1.24 bits per heavy atom. The van der Waals surface area contributed by atoms with Crippen molar-refractivity contribution in [3.63, 3.8) is 0 Å². The van der Waals surface area contributed by atoms with E-state index in [-0.39, 0.29) is 65.4 Å². The first-order valence-corrected chi connectivity index (χ1v) is 15.7. The van der Waals surface area contributed by atoms with Gasteiger partial charge in [0.1, 0.15) is 11.6 Å². The van der Waals surface area contributed by atoms with Gasteiger partial charge in [-0.15, -0.1) is 0 Å². The van der Waals surface area contributed by atoms with E-state index in [0.29, 0.717) is 31.4 Å². The monoisotopic (exact) mass is 575 g/mol. The lowest BCUT2D eigenvalue weighted by molar-refractivity contribution is -0.199. The quantitative estimate of drug-likeness (QED) is 0.181. The van der Waals surface area contributed by atoms with Crippen molar-refractivity contribution in [3.8, 4) is 6.07 Å². The summed E-state index contributed by atoms with van der Waals surface area (Å²) >= 11 is 0. The Balaban J connectivity index is 1.16. The average molecular weight is 576 g/mol. The highest BCUT2D eigenvalue weighted by Gasteiger charge is 2.68. The van der Waals surface area contributed by atoms with E-state index in [9.17, 15) is 14.9 Å². The van der Waals surface area contributed by atoms with Gasteiger partial charge in [0.05, 0.1) is 36.9 Å². The molecule has 0 unspecified atom stereocenters. The molecular weight excluding hydrogens is 529 g/mol. The van der Waals surface area contributed by atoms with Crippen molar-refractivity contribution in [3.05, 3.63) is 47.5 Å². The second kappa shape index (κ2) is 12.5. The van der Waals surface area contributed by atoms with Crippen molar-refractivity contribution < 1.29 is 23.6 Å². The van der Waals surface area contributed by atoms with Crippen LogP contribution in [0.1, 0.15) is 72.3 Å². The number of allylic oxidation sites excluding steroid dienone is 1. The van der Waals surface area contributed by atoms with Gasteiger partial charge in [0, 0.05) is 13.0 Å². The normalized spacial score (nSPS) is 30.5. The van der Waals surface area contributed by atoms with E-state index >= 15 is 0 Å². The molecule has 5 aliphatic rings. The lowest BCUT2D eigenvalue weighted by Gasteiger charge is -2.64. The number of hydrogen-bond acceptors (Lipinski definition) is 6. The SMILES string of the molecule is CC(C)/C=C(\C#N)C(=O)N1CCC[C@@H]1COCCC(=O)N[C@H](Cc1ccccc1)B1O[C@@H]2C[C@@H]3C[C@@H](C3(C)C)[C@]2(C)O1. The largest absolute Gasteiger partial charge is 0.482 e. The van der Waals surface area contributed by atoms with Gasteiger partial charge in [0.15, 0.2) is 0 Å². The van der Waals surface area contributed by atoms with Crippen molar-refractivity contribution in [2.45, 2.75) is 96.8 Å². The molecule has 8 nitrogen and oxygen atoms in total. The molecule has 2 bridgehead atoms. The zero-order valence-electron chi connectivity index (χ0n) is 25.8. The summed E-state index contributed by atoms with van der Waals surface area (Å²) in [6, 6.07) is 12.1. The molecular formula is C33H46BN3O5. The zero-order chi connectivity index (χ0) is 30.1. The van der Waals surface area contributed by atoms with E-state index in [1.54, 1.807) is 11.0 Å². The number of nitriles is 1. The summed E-state index contributed by atoms with van der Waals surface area (Å²) in [5, 5.41) is 12.7. The Hall–Kier alpha value is -2.67. The summed E-state index contributed by atoms with van der Waals surface area (Å²) in [6.45, 7) is 12.0. The number of nitrogens with one attached hydrogen (secondary N) is 1. The molecule has 3 saturated carbocycles. The molecule has 9 heteroatoms. The van der Waals surface area contributed by atoms with Gasteiger partial charge in [-0.25, -0.2) is 0 Å². The number of carbonyl (C=O) groups is 2. The van der Waals surface area contributed by atoms with Crippen LogP contribution in [0.2, 0.25) is 0 Å². The van der Waals surface area contributed by atoms with Crippen LogP contribution in [0.3, 0.4) is 0 Å². The smallest absolute Gasteiger partial charge is 0.404 e. The van der Waals surface area contributed by atoms with E-state index in [2.05, 4.69) is 44.3 Å². The highest BCUT2D eigenvalue weighted by molar-refractivity contribution is 6.48. The molecule has 0 aromatic heterocycles. The van der Waals surface area contributed by atoms with Gasteiger partial charge >= 0.3 is 7.12 Å². The van der Waals surface area contributed by atoms with Gasteiger partial charge in [-0.2, -0.15) is 5.26 Å². The summed E-state index contributed by atoms with van der Waals surface area (Å²) in [4.78, 5) is 27.8. The predicted octanol–water partition coefficient (Wildman–Crippen LogP) is 4.49. The van der Waals surface area contributed by atoms with Crippen LogP contribution in [0.15, 0.2) is 42.0 Å². The van der Waals surface area contributed by atoms with Crippen molar-refractivity contribution in [2.24, 2.45) is 23.2 Å². The van der Waals surface area contributed by atoms with Crippen LogP contribution < -0.4 is 5.32 Å². The number of nitrogens with zero attached hydrogens (tertiary/aromatic N) is 2. The lowest BCUT2D eigenvalue weighted by Crippen LogP contribution is -2.65. The number of ether oxygens (including phenoxy) is 1. The minimum absolute atomic E-state index is 0.0479. The Morgan fingerprint density at radius 3 is 2.69 bits per heavy atom. The maximum absolute atomic E-state index is 13.2. The Labute approximate surface area is 251 Å². The highest BCUT2D eigenvalue weighted by Crippen LogP contribution is 2.65. The fourth-order valence-corrected chi connectivity index (χ4v) is 7.74. The Kier molecular flexibility index (Phi) is 9.17. The maximum Gasteiger partial charge on any atom is 0.482 e. The molecule has 2 saturated heterocycles. The molecule has 5 fully saturated rings. The Bertz CT molecular complexity index is 1210. The Morgan fingerprint density at radius 2 is 2.00 bits per heavy atom. The van der Waals surface area contributed by atoms with Gasteiger partial charge in [-0.3, -0.25) is 9.59 Å². The van der Waals surface area contributed by atoms with Crippen LogP contribution in [-0.2, 0) is 30.1 Å². The zero-order valence-corrected chi connectivity index (χ0v) is 25.8. The van der Waals surface area contributed by atoms with Crippen molar-refractivity contribution >= 4 is 18.9 Å². The fourth-order valence-electron chi connectivity index (χ4n) is 7.74. The van der Waals surface area contributed by atoms with E-state index in [4.69, 9.17) is 14.0 Å². The summed E-state index contributed by atoms with van der Waals surface area (Å²) in [7, 11) is -0.508. The molecule has 6 atom stereocenters. The lowest BCUT2D eigenvalue weighted by atomic mass is 9.43. The second-order valence-electron chi connectivity index (χ2n) is 13.8. The molecule has 6 rings (SSSR count). The van der Waals surface area contributed by atoms with Gasteiger partial charge in [0.25, 0.3) is 5.91 Å². The third kappa shape index (κ3) is 6.18. The topological polar surface area (TPSA) is 101 Å². The van der Waals surface area contributed by atoms with E-state index < -0.39 is 7.12 Å². The van der Waals surface area contributed by atoms with Crippen LogP contribution in [0.5, 0.6) is 0 Å². The molecule has 1 aromatic rings. The van der Waals surface area contributed by atoms with Crippen molar-refractivity contribution in [2.75, 3.05) is 19.8 Å². The minimum Gasteiger partial charge on any atom is -0.404 e. The molecule has 2 heterocycles. The minimum atomic E-state index is -0.508. The van der Waals surface area contributed by atoms with E-state index in [1.807, 2.05) is 32.0 Å². The molecule has 0 radical (unpaired) electrons. The standard InChI is InChI=1S/C33H46BN3O5/c1-22(2)16-24(20-35)31(39)37-14-9-12-26(37)21-40-15-13-30(38)36-29(17-23-10-7-6-8-11-23)34-41-28-19-25-18-27(32(25,3)4)33(28,5)42-34/h6-8,10-11,16,22,25-29H,9,12-15,17-19,21H2,1-5H3,(H,36,38)/b24-16+/t25-,26+,27-,28+,29+,33-/m0/s1. The van der Waals surface area contributed by atoms with Gasteiger partial charge in [0.2, 0.25) is 5.91 Å². The van der Waals surface area contributed by atoms with E-state index in [1.165, 1.54) is 6.42 Å². The summed E-state index contributed by atoms with van der Waals surface area (Å²) in [5.74, 6) is 0.569. The van der Waals surface area contributed by atoms with Crippen LogP contribution in [-0.4, -0.2) is 67.3 Å². The third-order valence-electron chi connectivity index (χ3n) is 10.2. The number of likely N-dealkylation sites (tertiary alicyclic amines) is 1. The fraction of sp³-hybridized carbons (Fsp3) is 0.667. The number of benzene rings is 1. The molecule has 42 heavy (non-hydrogen) atoms. The second-order valence-corrected chi connectivity index (χ2v) is 13.8. The average Bonchev–Trinajstić information content (AvgIpc) is 3.57. The number of carbonyl (C=O) groups excluding carboxylic acids is 2. The highest BCUT2D eigenvalue weighted by atomic mass is 16.7. The molecule has 2 amide bonds. The van der Waals surface area contributed by atoms with Gasteiger partial charge in [-0.1, -0.05) is 64.1 Å². The van der Waals surface area contributed by atoms with Crippen LogP contribution in [0.4, 0.5) is 0 Å². The molecule has 0 spiro atoms. The predicted molar refractivity (Wildman–Crippen MR) is 161 cm³/mol. The molecule has 2 aliphatic heterocycles. The third-order valence-corrected chi connectivity index (χ3v) is 10.2. The van der Waals surface area contributed by atoms with Crippen LogP contribution in [0, 0.1) is 34.5 Å². The van der Waals surface area contributed by atoms with Crippen LogP contribution >= 0.6 is 0 Å². The number of amides is 2. The number of rotatable bonds is 11. The van der Waals surface area contributed by atoms with Crippen LogP contribution in [0.25, 0.3) is 0 Å². The molecule has 226 valence electrons. The first-order valence-electron chi connectivity index (χ1n) is 15.7. The summed E-state index contributed by atoms with van der Waals surface area (Å²) < 4.78 is 19.2. The van der Waals surface area contributed by atoms with Crippen molar-refractivity contribution in [1.29, 1.82) is 5.26 Å². The van der Waals surface area contributed by atoms with Gasteiger partial charge in [-0.05, 0) is 67.8 Å². The molecule has 1 aromatic carbocycles. The summed E-state index contributed by atoms with van der Waals surface area (Å²) in [5.41, 5.74) is 1.21. The van der Waals surface area contributed by atoms with Gasteiger partial charge < -0.3 is 24.3 Å². The van der Waals surface area contributed by atoms with Crippen molar-refractivity contribution in [1.82, 2.24) is 10.2 Å². The first kappa shape index (κ1) is 30.8. The molecule has 3 aliphatic carbocycles. The maximum atomic E-state index is 13.2. The first-order chi connectivity index (χ1) is 20.0. The summed E-state index contributed by atoms with van der Waals surface area (Å²) in [6.07, 6.45) is 6.46. The number of hydrogen-bond donors (Lipinski definition) is 1. The van der Waals surface area contributed by atoms with E-state index in [0.717, 1.165) is 24.8 Å². The molecule has 1 N–H and O–H groups in total.